The Balaban J connectivity index is 1.71. The molecule has 3 heterocycles. The average molecular weight is 542 g/mol. The molecule has 1 atom stereocenters. The highest BCUT2D eigenvalue weighted by molar-refractivity contribution is 7.70. The Morgan fingerprint density at radius 1 is 0.974 bits per heavy atom. The van der Waals surface area contributed by atoms with Gasteiger partial charge in [0.05, 0.1) is 40.5 Å². The van der Waals surface area contributed by atoms with Crippen LogP contribution in [-0.2, 0) is 4.74 Å². The number of fused-ring (bicyclic) bond motifs is 1. The third-order valence-corrected chi connectivity index (χ3v) is 10.8. The first kappa shape index (κ1) is 25.2. The van der Waals surface area contributed by atoms with Crippen LogP contribution in [0.5, 0.6) is 0 Å². The van der Waals surface area contributed by atoms with E-state index in [1.807, 2.05) is 85.4 Å². The van der Waals surface area contributed by atoms with Crippen LogP contribution in [0.2, 0.25) is 0 Å². The number of hydrogen-bond acceptors (Lipinski definition) is 6. The third-order valence-electron chi connectivity index (χ3n) is 6.95. The number of hydrogen-bond donors (Lipinski definition) is 0. The molecule has 1 saturated heterocycles. The summed E-state index contributed by atoms with van der Waals surface area (Å²) in [5.41, 5.74) is 3.23. The fraction of sp³-hybridized carbons (Fsp3) is 0.214. The lowest BCUT2D eigenvalue weighted by molar-refractivity contribution is -0.384. The number of aliphatic imine (C=N–C) groups is 1. The van der Waals surface area contributed by atoms with E-state index in [-0.39, 0.29) is 10.6 Å². The lowest BCUT2D eigenvalue weighted by Gasteiger charge is -2.46. The smallest absolute Gasteiger partial charge is 0.271 e. The second kappa shape index (κ2) is 10.2. The van der Waals surface area contributed by atoms with E-state index in [1.165, 1.54) is 6.07 Å². The summed E-state index contributed by atoms with van der Waals surface area (Å²) in [5, 5.41) is 17.6. The van der Waals surface area contributed by atoms with Gasteiger partial charge < -0.3 is 9.41 Å². The van der Waals surface area contributed by atoms with Crippen molar-refractivity contribution in [3.63, 3.8) is 0 Å². The highest BCUT2D eigenvalue weighted by atomic mass is 31.2. The predicted octanol–water partition coefficient (Wildman–Crippen LogP) is 5.43. The lowest BCUT2D eigenvalue weighted by atomic mass is 10.2. The summed E-state index contributed by atoms with van der Waals surface area (Å²) in [5.74, 6) is 1.50. The fourth-order valence-electron chi connectivity index (χ4n) is 5.17. The number of non-ortho nitro benzene ring substituents is 1. The summed E-state index contributed by atoms with van der Waals surface area (Å²) in [6.07, 6.45) is 0. The molecule has 0 bridgehead atoms. The van der Waals surface area contributed by atoms with Crippen molar-refractivity contribution in [3.8, 4) is 5.69 Å². The molecule has 10 nitrogen and oxygen atoms in total. The highest BCUT2D eigenvalue weighted by Gasteiger charge is 2.45. The maximum atomic E-state index is 11.6. The number of nitro groups is 1. The van der Waals surface area contributed by atoms with E-state index in [0.717, 1.165) is 33.9 Å². The number of ether oxygens (including phenoxy) is 1. The number of aromatic nitrogens is 2. The van der Waals surface area contributed by atoms with Gasteiger partial charge in [0, 0.05) is 37.8 Å². The van der Waals surface area contributed by atoms with Crippen LogP contribution in [0, 0.1) is 17.0 Å². The maximum Gasteiger partial charge on any atom is 0.271 e. The molecule has 0 radical (unpaired) electrons. The monoisotopic (exact) mass is 541 g/mol. The quantitative estimate of drug-likeness (QED) is 0.190. The second-order valence-corrected chi connectivity index (χ2v) is 12.3. The van der Waals surface area contributed by atoms with E-state index in [4.69, 9.17) is 19.6 Å². The molecule has 39 heavy (non-hydrogen) atoms. The number of aryl methyl sites for hydroxylation is 1. The van der Waals surface area contributed by atoms with Gasteiger partial charge in [0.2, 0.25) is 0 Å². The molecule has 4 aromatic rings. The number of nitro benzene ring substituents is 1. The van der Waals surface area contributed by atoms with Crippen LogP contribution in [0.3, 0.4) is 0 Å². The van der Waals surface area contributed by atoms with Gasteiger partial charge in [0.15, 0.2) is 13.2 Å². The van der Waals surface area contributed by atoms with Gasteiger partial charge in [0.1, 0.15) is 5.84 Å². The average Bonchev–Trinajstić information content (AvgIpc) is 3.32. The number of benzene rings is 3. The van der Waals surface area contributed by atoms with Gasteiger partial charge in [0.25, 0.3) is 5.69 Å². The minimum Gasteiger partial charge on any atom is -0.379 e. The molecular formula is C28H28N7O3P. The zero-order valence-corrected chi connectivity index (χ0v) is 22.6. The summed E-state index contributed by atoms with van der Waals surface area (Å²) < 4.78 is 17.6. The molecule has 0 N–H and O–H groups in total. The SMILES string of the molecule is Cc1nn(-c2ccccc2)c2c1P(=Nc1cccc([N+](=O)[O-])c1)(N1CCOCC1)N(C)C(c1ccccc1)=N2. The molecule has 3 aromatic carbocycles. The van der Waals surface area contributed by atoms with Crippen molar-refractivity contribution in [2.24, 2.45) is 9.74 Å². The standard InChI is InChI=1S/C28H28N7O3P/c1-21-26-28(34(30-21)24-13-7-4-8-14-24)29-27(22-10-5-3-6-11-22)32(2)39(26,33-16-18-38-19-17-33)31-23-12-9-15-25(20-23)35(36)37/h3-15,20H,16-19H2,1-2H3. The van der Waals surface area contributed by atoms with Gasteiger partial charge in [-0.2, -0.15) is 5.10 Å². The molecule has 0 saturated carbocycles. The van der Waals surface area contributed by atoms with Crippen molar-refractivity contribution in [2.75, 3.05) is 33.4 Å². The minimum atomic E-state index is -2.80. The molecule has 2 aliphatic rings. The molecule has 2 aliphatic heterocycles. The van der Waals surface area contributed by atoms with Crippen molar-refractivity contribution < 1.29 is 9.66 Å². The summed E-state index contributed by atoms with van der Waals surface area (Å²) in [6.45, 7) is 4.45. The highest BCUT2D eigenvalue weighted by Crippen LogP contribution is 2.61. The Morgan fingerprint density at radius 3 is 2.36 bits per heavy atom. The van der Waals surface area contributed by atoms with Crippen molar-refractivity contribution in [1.82, 2.24) is 19.1 Å². The van der Waals surface area contributed by atoms with Gasteiger partial charge in [-0.3, -0.25) is 10.1 Å². The second-order valence-electron chi connectivity index (χ2n) is 9.34. The van der Waals surface area contributed by atoms with Crippen LogP contribution in [0.25, 0.3) is 5.69 Å². The van der Waals surface area contributed by atoms with Gasteiger partial charge in [-0.25, -0.2) is 19.1 Å². The van der Waals surface area contributed by atoms with E-state index in [9.17, 15) is 10.1 Å². The third kappa shape index (κ3) is 4.36. The van der Waals surface area contributed by atoms with Crippen LogP contribution in [0.15, 0.2) is 94.7 Å². The van der Waals surface area contributed by atoms with Gasteiger partial charge in [-0.15, -0.1) is 0 Å². The summed E-state index contributed by atoms with van der Waals surface area (Å²) in [7, 11) is -0.777. The maximum absolute atomic E-state index is 11.6. The summed E-state index contributed by atoms with van der Waals surface area (Å²) in [6, 6.07) is 26.5. The Morgan fingerprint density at radius 2 is 1.67 bits per heavy atom. The predicted molar refractivity (Wildman–Crippen MR) is 153 cm³/mol. The summed E-state index contributed by atoms with van der Waals surface area (Å²) >= 11 is 0. The molecule has 6 rings (SSSR count). The first-order chi connectivity index (χ1) is 19.0. The topological polar surface area (TPSA) is 101 Å². The largest absolute Gasteiger partial charge is 0.379 e. The Hall–Kier alpha value is -4.11. The minimum absolute atomic E-state index is 0.00455. The van der Waals surface area contributed by atoms with Crippen LogP contribution in [0.1, 0.15) is 11.3 Å². The van der Waals surface area contributed by atoms with Crippen molar-refractivity contribution in [3.05, 3.63) is 106 Å². The van der Waals surface area contributed by atoms with Crippen LogP contribution in [0.4, 0.5) is 17.2 Å². The lowest BCUT2D eigenvalue weighted by Crippen LogP contribution is -2.45. The van der Waals surface area contributed by atoms with Crippen molar-refractivity contribution in [2.45, 2.75) is 6.92 Å². The number of amidine groups is 1. The van der Waals surface area contributed by atoms with Crippen molar-refractivity contribution in [1.29, 1.82) is 0 Å². The number of para-hydroxylation sites is 1. The van der Waals surface area contributed by atoms with E-state index >= 15 is 0 Å². The molecule has 1 unspecified atom stereocenters. The fourth-order valence-corrected chi connectivity index (χ4v) is 8.98. The molecule has 0 spiro atoms. The molecule has 0 aliphatic carbocycles. The van der Waals surface area contributed by atoms with E-state index in [2.05, 4.69) is 9.34 Å². The first-order valence-corrected chi connectivity index (χ1v) is 14.4. The molecule has 1 aromatic heterocycles. The van der Waals surface area contributed by atoms with E-state index < -0.39 is 7.36 Å². The van der Waals surface area contributed by atoms with Gasteiger partial charge in [-0.1, -0.05) is 54.6 Å². The van der Waals surface area contributed by atoms with Crippen molar-refractivity contribution >= 4 is 35.7 Å². The number of rotatable bonds is 5. The van der Waals surface area contributed by atoms with Gasteiger partial charge >= 0.3 is 0 Å². The number of nitrogens with zero attached hydrogens (tertiary/aromatic N) is 7. The Kier molecular flexibility index (Phi) is 6.60. The Bertz CT molecular complexity index is 1610. The zero-order valence-electron chi connectivity index (χ0n) is 21.7. The molecule has 11 heteroatoms. The first-order valence-electron chi connectivity index (χ1n) is 12.7. The molecule has 198 valence electrons. The normalized spacial score (nSPS) is 19.3. The summed E-state index contributed by atoms with van der Waals surface area (Å²) in [4.78, 5) is 16.5. The molecule has 0 amide bonds. The molecule has 1 fully saturated rings. The van der Waals surface area contributed by atoms with Crippen LogP contribution >= 0.6 is 7.36 Å². The van der Waals surface area contributed by atoms with E-state index in [1.54, 1.807) is 12.1 Å². The number of morpholine rings is 1. The zero-order chi connectivity index (χ0) is 27.0. The van der Waals surface area contributed by atoms with Gasteiger partial charge in [-0.05, 0) is 25.1 Å². The van der Waals surface area contributed by atoms with Crippen LogP contribution < -0.4 is 5.30 Å². The van der Waals surface area contributed by atoms with E-state index in [0.29, 0.717) is 32.0 Å². The Labute approximate surface area is 226 Å². The van der Waals surface area contributed by atoms with Crippen LogP contribution in [-0.4, -0.2) is 63.2 Å². The molecular weight excluding hydrogens is 513 g/mol.